The van der Waals surface area contributed by atoms with Gasteiger partial charge in [0.1, 0.15) is 6.04 Å². The molecule has 0 aliphatic rings. The number of hydrogen-bond acceptors (Lipinski definition) is 4. The van der Waals surface area contributed by atoms with E-state index >= 15 is 0 Å². The summed E-state index contributed by atoms with van der Waals surface area (Å²) in [6.45, 7) is 1.35. The Bertz CT molecular complexity index is 580. The zero-order chi connectivity index (χ0) is 14.6. The van der Waals surface area contributed by atoms with Crippen molar-refractivity contribution in [2.75, 3.05) is 11.0 Å². The highest BCUT2D eigenvalue weighted by Gasteiger charge is 2.15. The van der Waals surface area contributed by atoms with Gasteiger partial charge in [-0.3, -0.25) is 14.3 Å². The molecular formula is C11H14N2O5S. The molecule has 0 aliphatic heterocycles. The second-order valence-electron chi connectivity index (χ2n) is 3.98. The summed E-state index contributed by atoms with van der Waals surface area (Å²) < 4.78 is 24.2. The van der Waals surface area contributed by atoms with Crippen LogP contribution in [0.5, 0.6) is 0 Å². The molecule has 3 N–H and O–H groups in total. The van der Waals surface area contributed by atoms with Crippen molar-refractivity contribution in [2.24, 2.45) is 0 Å². The van der Waals surface area contributed by atoms with Gasteiger partial charge in [-0.1, -0.05) is 0 Å². The van der Waals surface area contributed by atoms with Crippen molar-refractivity contribution in [3.63, 3.8) is 0 Å². The summed E-state index contributed by atoms with van der Waals surface area (Å²) in [6, 6.07) is 4.64. The van der Waals surface area contributed by atoms with E-state index in [1.807, 2.05) is 0 Å². The summed E-state index contributed by atoms with van der Waals surface area (Å²) in [4.78, 5) is 22.2. The monoisotopic (exact) mass is 286 g/mol. The maximum atomic E-state index is 11.6. The van der Waals surface area contributed by atoms with Gasteiger partial charge in [0.15, 0.2) is 0 Å². The van der Waals surface area contributed by atoms with Gasteiger partial charge in [-0.2, -0.15) is 0 Å². The second kappa shape index (κ2) is 5.70. The van der Waals surface area contributed by atoms with Crippen LogP contribution in [0.2, 0.25) is 0 Å². The molecule has 0 fully saturated rings. The van der Waals surface area contributed by atoms with E-state index in [1.165, 1.54) is 31.2 Å². The molecule has 0 radical (unpaired) electrons. The lowest BCUT2D eigenvalue weighted by atomic mass is 10.2. The minimum atomic E-state index is -3.37. The van der Waals surface area contributed by atoms with Gasteiger partial charge in [0.2, 0.25) is 10.0 Å². The van der Waals surface area contributed by atoms with Crippen LogP contribution in [0.4, 0.5) is 5.69 Å². The molecule has 1 aromatic rings. The second-order valence-corrected chi connectivity index (χ2v) is 5.73. The number of rotatable bonds is 5. The minimum Gasteiger partial charge on any atom is -0.480 e. The predicted octanol–water partition coefficient (Wildman–Crippen LogP) is 0.261. The van der Waals surface area contributed by atoms with Crippen molar-refractivity contribution < 1.29 is 23.1 Å². The Morgan fingerprint density at radius 3 is 2.16 bits per heavy atom. The van der Waals surface area contributed by atoms with Crippen LogP contribution in [0.3, 0.4) is 0 Å². The van der Waals surface area contributed by atoms with Crippen LogP contribution in [0, 0.1) is 0 Å². The van der Waals surface area contributed by atoms with Crippen LogP contribution in [-0.4, -0.2) is 37.7 Å². The third-order valence-electron chi connectivity index (χ3n) is 2.17. The van der Waals surface area contributed by atoms with E-state index in [0.29, 0.717) is 5.69 Å². The molecule has 1 atom stereocenters. The van der Waals surface area contributed by atoms with Crippen LogP contribution in [0.1, 0.15) is 17.3 Å². The molecule has 7 nitrogen and oxygen atoms in total. The first kappa shape index (κ1) is 15.0. The fourth-order valence-corrected chi connectivity index (χ4v) is 1.81. The number of sulfonamides is 1. The maximum Gasteiger partial charge on any atom is 0.325 e. The molecule has 0 spiro atoms. The molecule has 1 aromatic carbocycles. The Morgan fingerprint density at radius 2 is 1.74 bits per heavy atom. The highest BCUT2D eigenvalue weighted by Crippen LogP contribution is 2.10. The van der Waals surface area contributed by atoms with Crippen LogP contribution >= 0.6 is 0 Å². The minimum absolute atomic E-state index is 0.243. The lowest BCUT2D eigenvalue weighted by molar-refractivity contribution is -0.138. The number of carboxylic acid groups (broad SMARTS) is 1. The Hall–Kier alpha value is -2.09. The summed E-state index contributed by atoms with van der Waals surface area (Å²) in [5.74, 6) is -1.68. The third kappa shape index (κ3) is 4.96. The zero-order valence-corrected chi connectivity index (χ0v) is 11.2. The fourth-order valence-electron chi connectivity index (χ4n) is 1.25. The summed E-state index contributed by atoms with van der Waals surface area (Å²) in [6.07, 6.45) is 1.02. The van der Waals surface area contributed by atoms with Crippen molar-refractivity contribution in [1.29, 1.82) is 0 Å². The quantitative estimate of drug-likeness (QED) is 0.718. The number of carboxylic acids is 1. The standard InChI is InChI=1S/C11H14N2O5S/c1-7(11(15)16)12-10(14)8-3-5-9(6-4-8)13-19(2,17)18/h3-7,13H,1-2H3,(H,12,14)(H,15,16)/t7-/m1/s1. The Kier molecular flexibility index (Phi) is 4.49. The molecule has 0 unspecified atom stereocenters. The molecular weight excluding hydrogens is 272 g/mol. The summed E-state index contributed by atoms with van der Waals surface area (Å²) >= 11 is 0. The number of anilines is 1. The SMILES string of the molecule is C[C@@H](NC(=O)c1ccc(NS(C)(=O)=O)cc1)C(=O)O. The van der Waals surface area contributed by atoms with Gasteiger partial charge in [-0.15, -0.1) is 0 Å². The molecule has 0 saturated heterocycles. The lowest BCUT2D eigenvalue weighted by Crippen LogP contribution is -2.38. The molecule has 8 heteroatoms. The normalized spacial score (nSPS) is 12.5. The highest BCUT2D eigenvalue weighted by atomic mass is 32.2. The van der Waals surface area contributed by atoms with Gasteiger partial charge in [0, 0.05) is 11.3 Å². The molecule has 19 heavy (non-hydrogen) atoms. The zero-order valence-electron chi connectivity index (χ0n) is 10.4. The molecule has 0 heterocycles. The molecule has 0 saturated carbocycles. The Balaban J connectivity index is 2.76. The van der Waals surface area contributed by atoms with Gasteiger partial charge in [0.05, 0.1) is 6.26 Å². The van der Waals surface area contributed by atoms with Crippen LogP contribution in [0.25, 0.3) is 0 Å². The molecule has 104 valence electrons. The number of carbonyl (C=O) groups is 2. The molecule has 0 aromatic heterocycles. The number of amides is 1. The predicted molar refractivity (Wildman–Crippen MR) is 69.5 cm³/mol. The number of carbonyl (C=O) groups excluding carboxylic acids is 1. The van der Waals surface area contributed by atoms with Gasteiger partial charge in [0.25, 0.3) is 5.91 Å². The first-order valence-electron chi connectivity index (χ1n) is 5.30. The molecule has 0 bridgehead atoms. The van der Waals surface area contributed by atoms with Crippen LogP contribution in [-0.2, 0) is 14.8 Å². The van der Waals surface area contributed by atoms with Crippen LogP contribution in [0.15, 0.2) is 24.3 Å². The topological polar surface area (TPSA) is 113 Å². The van der Waals surface area contributed by atoms with E-state index in [4.69, 9.17) is 5.11 Å². The maximum absolute atomic E-state index is 11.6. The average Bonchev–Trinajstić information content (AvgIpc) is 2.27. The van der Waals surface area contributed by atoms with Gasteiger partial charge in [-0.25, -0.2) is 8.42 Å². The fraction of sp³-hybridized carbons (Fsp3) is 0.273. The van der Waals surface area contributed by atoms with Crippen LogP contribution < -0.4 is 10.0 Å². The molecule has 1 rings (SSSR count). The number of aliphatic carboxylic acids is 1. The molecule has 1 amide bonds. The molecule has 0 aliphatic carbocycles. The van der Waals surface area contributed by atoms with Gasteiger partial charge < -0.3 is 10.4 Å². The van der Waals surface area contributed by atoms with E-state index in [2.05, 4.69) is 10.0 Å². The van der Waals surface area contributed by atoms with Gasteiger partial charge >= 0.3 is 5.97 Å². The van der Waals surface area contributed by atoms with Crippen molar-refractivity contribution in [1.82, 2.24) is 5.32 Å². The summed E-state index contributed by atoms with van der Waals surface area (Å²) in [5.41, 5.74) is 0.567. The third-order valence-corrected chi connectivity index (χ3v) is 2.77. The van der Waals surface area contributed by atoms with E-state index in [0.717, 1.165) is 6.26 Å². The van der Waals surface area contributed by atoms with Crippen molar-refractivity contribution >= 4 is 27.6 Å². The Labute approximate surface area is 110 Å². The van der Waals surface area contributed by atoms with E-state index in [1.54, 1.807) is 0 Å². The summed E-state index contributed by atoms with van der Waals surface area (Å²) in [7, 11) is -3.37. The number of nitrogens with one attached hydrogen (secondary N) is 2. The first-order chi connectivity index (χ1) is 8.69. The number of hydrogen-bond donors (Lipinski definition) is 3. The van der Waals surface area contributed by atoms with Crippen molar-refractivity contribution in [3.8, 4) is 0 Å². The highest BCUT2D eigenvalue weighted by molar-refractivity contribution is 7.92. The number of benzene rings is 1. The van der Waals surface area contributed by atoms with E-state index < -0.39 is 27.9 Å². The van der Waals surface area contributed by atoms with E-state index in [-0.39, 0.29) is 5.56 Å². The van der Waals surface area contributed by atoms with Gasteiger partial charge in [-0.05, 0) is 31.2 Å². The largest absolute Gasteiger partial charge is 0.480 e. The van der Waals surface area contributed by atoms with E-state index in [9.17, 15) is 18.0 Å². The smallest absolute Gasteiger partial charge is 0.325 e. The van der Waals surface area contributed by atoms with Crippen molar-refractivity contribution in [3.05, 3.63) is 29.8 Å². The summed E-state index contributed by atoms with van der Waals surface area (Å²) in [5, 5.41) is 10.9. The Morgan fingerprint density at radius 1 is 1.21 bits per heavy atom. The van der Waals surface area contributed by atoms with Crippen molar-refractivity contribution in [2.45, 2.75) is 13.0 Å². The lowest BCUT2D eigenvalue weighted by Gasteiger charge is -2.09. The average molecular weight is 286 g/mol. The first-order valence-corrected chi connectivity index (χ1v) is 7.20.